The first-order valence-electron chi connectivity index (χ1n) is 6.46. The first-order chi connectivity index (χ1) is 10.2. The van der Waals surface area contributed by atoms with Crippen molar-refractivity contribution in [3.05, 3.63) is 64.7 Å². The molecule has 4 heteroatoms. The van der Waals surface area contributed by atoms with Crippen LogP contribution in [0.4, 0.5) is 5.69 Å². The predicted octanol–water partition coefficient (Wildman–Crippen LogP) is 3.33. The maximum Gasteiger partial charge on any atom is 0.255 e. The predicted molar refractivity (Wildman–Crippen MR) is 84.4 cm³/mol. The fourth-order valence-corrected chi connectivity index (χ4v) is 1.82. The van der Waals surface area contributed by atoms with Gasteiger partial charge in [0.05, 0.1) is 6.61 Å². The largest absolute Gasteiger partial charge is 0.395 e. The molecule has 0 heterocycles. The van der Waals surface area contributed by atoms with Gasteiger partial charge < -0.3 is 10.4 Å². The van der Waals surface area contributed by atoms with Crippen molar-refractivity contribution in [3.63, 3.8) is 0 Å². The molecule has 3 nitrogen and oxygen atoms in total. The summed E-state index contributed by atoms with van der Waals surface area (Å²) < 4.78 is 0. The minimum absolute atomic E-state index is 0.0315. The summed E-state index contributed by atoms with van der Waals surface area (Å²) in [6.45, 7) is 0.0315. The van der Waals surface area contributed by atoms with Crippen molar-refractivity contribution in [1.29, 1.82) is 0 Å². The number of rotatable bonds is 3. The van der Waals surface area contributed by atoms with E-state index in [-0.39, 0.29) is 12.5 Å². The van der Waals surface area contributed by atoms with Gasteiger partial charge in [0.1, 0.15) is 0 Å². The van der Waals surface area contributed by atoms with Crippen LogP contribution in [-0.2, 0) is 0 Å². The first kappa shape index (κ1) is 15.1. The van der Waals surface area contributed by atoms with E-state index < -0.39 is 0 Å². The molecule has 2 rings (SSSR count). The molecule has 0 unspecified atom stereocenters. The van der Waals surface area contributed by atoms with E-state index in [1.807, 2.05) is 6.07 Å². The van der Waals surface area contributed by atoms with Gasteiger partial charge in [-0.2, -0.15) is 0 Å². The summed E-state index contributed by atoms with van der Waals surface area (Å²) in [5.41, 5.74) is 1.95. The molecule has 0 aromatic heterocycles. The molecule has 106 valence electrons. The Balaban J connectivity index is 2.11. The number of hydrogen-bond donors (Lipinski definition) is 2. The summed E-state index contributed by atoms with van der Waals surface area (Å²) in [6.07, 6.45) is 0.418. The Morgan fingerprint density at radius 2 is 1.95 bits per heavy atom. The second-order valence-electron chi connectivity index (χ2n) is 4.32. The van der Waals surface area contributed by atoms with Crippen LogP contribution in [0.3, 0.4) is 0 Å². The Hall–Kier alpha value is -2.28. The monoisotopic (exact) mass is 299 g/mol. The van der Waals surface area contributed by atoms with E-state index in [1.54, 1.807) is 42.5 Å². The van der Waals surface area contributed by atoms with E-state index in [2.05, 4.69) is 17.2 Å². The quantitative estimate of drug-likeness (QED) is 0.854. The second kappa shape index (κ2) is 7.49. The number of aliphatic hydroxyl groups is 1. The number of aliphatic hydroxyl groups excluding tert-OH is 1. The molecule has 0 saturated carbocycles. The third-order valence-corrected chi connectivity index (χ3v) is 2.95. The van der Waals surface area contributed by atoms with Crippen LogP contribution in [0, 0.1) is 11.8 Å². The summed E-state index contributed by atoms with van der Waals surface area (Å²) in [5.74, 6) is 5.53. The molecular weight excluding hydrogens is 286 g/mol. The lowest BCUT2D eigenvalue weighted by Gasteiger charge is -2.05. The SMILES string of the molecule is O=C(Nc1ccc(Cl)cc1)c1cccc(C#CCCO)c1. The number of amides is 1. The van der Waals surface area contributed by atoms with Crippen molar-refractivity contribution >= 4 is 23.2 Å². The topological polar surface area (TPSA) is 49.3 Å². The van der Waals surface area contributed by atoms with Crippen LogP contribution in [0.5, 0.6) is 0 Å². The van der Waals surface area contributed by atoms with E-state index in [9.17, 15) is 4.79 Å². The van der Waals surface area contributed by atoms with Gasteiger partial charge in [0.15, 0.2) is 0 Å². The van der Waals surface area contributed by atoms with Crippen molar-refractivity contribution in [2.45, 2.75) is 6.42 Å². The van der Waals surface area contributed by atoms with E-state index >= 15 is 0 Å². The number of nitrogens with one attached hydrogen (secondary N) is 1. The van der Waals surface area contributed by atoms with Crippen LogP contribution >= 0.6 is 11.6 Å². The third kappa shape index (κ3) is 4.64. The average Bonchev–Trinajstić information content (AvgIpc) is 2.50. The molecule has 2 N–H and O–H groups in total. The zero-order valence-corrected chi connectivity index (χ0v) is 12.0. The molecule has 1 amide bonds. The van der Waals surface area contributed by atoms with Crippen LogP contribution in [0.25, 0.3) is 0 Å². The number of carbonyl (C=O) groups excluding carboxylic acids is 1. The lowest BCUT2D eigenvalue weighted by Crippen LogP contribution is -2.11. The molecule has 0 aliphatic heterocycles. The van der Waals surface area contributed by atoms with Gasteiger partial charge in [0.25, 0.3) is 5.91 Å². The molecule has 2 aromatic rings. The number of anilines is 1. The minimum atomic E-state index is -0.205. The molecule has 0 radical (unpaired) electrons. The van der Waals surface area contributed by atoms with Gasteiger partial charge >= 0.3 is 0 Å². The zero-order chi connectivity index (χ0) is 15.1. The summed E-state index contributed by atoms with van der Waals surface area (Å²) in [5, 5.41) is 12.1. The molecular formula is C17H14ClNO2. The summed E-state index contributed by atoms with van der Waals surface area (Å²) >= 11 is 5.80. The fraction of sp³-hybridized carbons (Fsp3) is 0.118. The Morgan fingerprint density at radius 1 is 1.19 bits per heavy atom. The highest BCUT2D eigenvalue weighted by Crippen LogP contribution is 2.14. The van der Waals surface area contributed by atoms with Gasteiger partial charge in [-0.3, -0.25) is 4.79 Å². The van der Waals surface area contributed by atoms with E-state index in [0.29, 0.717) is 22.7 Å². The third-order valence-electron chi connectivity index (χ3n) is 2.70. The number of benzene rings is 2. The highest BCUT2D eigenvalue weighted by atomic mass is 35.5. The van der Waals surface area contributed by atoms with Crippen LogP contribution in [0.15, 0.2) is 48.5 Å². The van der Waals surface area contributed by atoms with Gasteiger partial charge in [0, 0.05) is 28.3 Å². The maximum absolute atomic E-state index is 12.1. The summed E-state index contributed by atoms with van der Waals surface area (Å²) in [7, 11) is 0. The Kier molecular flexibility index (Phi) is 5.39. The van der Waals surface area contributed by atoms with Gasteiger partial charge in [-0.15, -0.1) is 0 Å². The lowest BCUT2D eigenvalue weighted by atomic mass is 10.1. The van der Waals surface area contributed by atoms with Gasteiger partial charge in [0.2, 0.25) is 0 Å². The van der Waals surface area contributed by atoms with Crippen molar-refractivity contribution in [3.8, 4) is 11.8 Å². The highest BCUT2D eigenvalue weighted by Gasteiger charge is 2.06. The Morgan fingerprint density at radius 3 is 2.67 bits per heavy atom. The normalized spacial score (nSPS) is 9.62. The highest BCUT2D eigenvalue weighted by molar-refractivity contribution is 6.30. The van der Waals surface area contributed by atoms with E-state index in [0.717, 1.165) is 5.56 Å². The molecule has 0 aliphatic carbocycles. The van der Waals surface area contributed by atoms with Crippen molar-refractivity contribution in [2.75, 3.05) is 11.9 Å². The van der Waals surface area contributed by atoms with Crippen LogP contribution in [-0.4, -0.2) is 17.6 Å². The lowest BCUT2D eigenvalue weighted by molar-refractivity contribution is 0.102. The molecule has 0 bridgehead atoms. The maximum atomic E-state index is 12.1. The average molecular weight is 300 g/mol. The van der Waals surface area contributed by atoms with Crippen LogP contribution in [0.1, 0.15) is 22.3 Å². The molecule has 2 aromatic carbocycles. The summed E-state index contributed by atoms with van der Waals surface area (Å²) in [6, 6.07) is 14.0. The molecule has 0 aliphatic rings. The summed E-state index contributed by atoms with van der Waals surface area (Å²) in [4.78, 5) is 12.1. The van der Waals surface area contributed by atoms with Crippen molar-refractivity contribution < 1.29 is 9.90 Å². The van der Waals surface area contributed by atoms with E-state index in [4.69, 9.17) is 16.7 Å². The van der Waals surface area contributed by atoms with Crippen molar-refractivity contribution in [2.24, 2.45) is 0 Å². The number of carbonyl (C=O) groups is 1. The van der Waals surface area contributed by atoms with Crippen molar-refractivity contribution in [1.82, 2.24) is 0 Å². The zero-order valence-electron chi connectivity index (χ0n) is 11.3. The number of halogens is 1. The van der Waals surface area contributed by atoms with Crippen LogP contribution < -0.4 is 5.32 Å². The second-order valence-corrected chi connectivity index (χ2v) is 4.75. The molecule has 21 heavy (non-hydrogen) atoms. The molecule has 0 spiro atoms. The minimum Gasteiger partial charge on any atom is -0.395 e. The standard InChI is InChI=1S/C17H14ClNO2/c18-15-7-9-16(10-8-15)19-17(21)14-6-3-5-13(12-14)4-1-2-11-20/h3,5-10,12,20H,2,11H2,(H,19,21). The number of hydrogen-bond acceptors (Lipinski definition) is 2. The Bertz CT molecular complexity index is 684. The van der Waals surface area contributed by atoms with Crippen LogP contribution in [0.2, 0.25) is 5.02 Å². The fourth-order valence-electron chi connectivity index (χ4n) is 1.70. The molecule has 0 fully saturated rings. The smallest absolute Gasteiger partial charge is 0.255 e. The molecule has 0 saturated heterocycles. The molecule has 0 atom stereocenters. The van der Waals surface area contributed by atoms with Gasteiger partial charge in [-0.1, -0.05) is 29.5 Å². The van der Waals surface area contributed by atoms with E-state index in [1.165, 1.54) is 0 Å². The van der Waals surface area contributed by atoms with Gasteiger partial charge in [-0.25, -0.2) is 0 Å². The van der Waals surface area contributed by atoms with Gasteiger partial charge in [-0.05, 0) is 42.5 Å². The Labute approximate surface area is 128 Å². The first-order valence-corrected chi connectivity index (χ1v) is 6.83.